The lowest BCUT2D eigenvalue weighted by Gasteiger charge is -2.15. The molecule has 19 heavy (non-hydrogen) atoms. The Kier molecular flexibility index (Phi) is 5.00. The lowest BCUT2D eigenvalue weighted by molar-refractivity contribution is 0.123. The summed E-state index contributed by atoms with van der Waals surface area (Å²) in [6.07, 6.45) is 4.53. The number of ether oxygens (including phenoxy) is 1. The molecule has 0 radical (unpaired) electrons. The lowest BCUT2D eigenvalue weighted by atomic mass is 9.95. The molecule has 1 aliphatic carbocycles. The monoisotopic (exact) mass is 262 g/mol. The van der Waals surface area contributed by atoms with Gasteiger partial charge in [-0.15, -0.1) is 0 Å². The summed E-state index contributed by atoms with van der Waals surface area (Å²) >= 11 is 0. The molecule has 1 fully saturated rings. The Morgan fingerprint density at radius 1 is 1.21 bits per heavy atom. The van der Waals surface area contributed by atoms with Gasteiger partial charge in [0.1, 0.15) is 5.75 Å². The minimum Gasteiger partial charge on any atom is -0.493 e. The van der Waals surface area contributed by atoms with Gasteiger partial charge in [0.05, 0.1) is 18.8 Å². The molecule has 3 nitrogen and oxygen atoms in total. The molecular weight excluding hydrogens is 240 g/mol. The van der Waals surface area contributed by atoms with Crippen LogP contribution < -0.4 is 4.74 Å². The fourth-order valence-corrected chi connectivity index (χ4v) is 2.54. The number of para-hydroxylation sites is 1. The van der Waals surface area contributed by atoms with Gasteiger partial charge in [0.25, 0.3) is 0 Å². The molecule has 0 unspecified atom stereocenters. The summed E-state index contributed by atoms with van der Waals surface area (Å²) in [5, 5.41) is 19.5. The third-order valence-corrected chi connectivity index (χ3v) is 3.80. The van der Waals surface area contributed by atoms with Crippen LogP contribution in [0.15, 0.2) is 42.5 Å². The largest absolute Gasteiger partial charge is 0.493 e. The highest BCUT2D eigenvalue weighted by Crippen LogP contribution is 2.33. The zero-order valence-corrected chi connectivity index (χ0v) is 11.3. The van der Waals surface area contributed by atoms with E-state index >= 15 is 0 Å². The van der Waals surface area contributed by atoms with Crippen molar-refractivity contribution in [2.24, 2.45) is 11.8 Å². The van der Waals surface area contributed by atoms with Crippen LogP contribution in [0.25, 0.3) is 0 Å². The van der Waals surface area contributed by atoms with Crippen molar-refractivity contribution in [1.29, 1.82) is 0 Å². The van der Waals surface area contributed by atoms with Gasteiger partial charge >= 0.3 is 0 Å². The molecule has 1 aliphatic rings. The van der Waals surface area contributed by atoms with Crippen molar-refractivity contribution in [3.8, 4) is 5.75 Å². The lowest BCUT2D eigenvalue weighted by Crippen LogP contribution is -2.16. The first-order valence-corrected chi connectivity index (χ1v) is 6.89. The molecule has 1 aromatic carbocycles. The van der Waals surface area contributed by atoms with E-state index in [0.29, 0.717) is 13.0 Å². The number of hydrogen-bond acceptors (Lipinski definition) is 3. The van der Waals surface area contributed by atoms with Crippen LogP contribution in [0, 0.1) is 11.8 Å². The molecule has 0 amide bonds. The third kappa shape index (κ3) is 3.82. The van der Waals surface area contributed by atoms with E-state index in [0.717, 1.165) is 12.2 Å². The van der Waals surface area contributed by atoms with Crippen molar-refractivity contribution in [2.75, 3.05) is 6.61 Å². The predicted molar refractivity (Wildman–Crippen MR) is 75.0 cm³/mol. The molecule has 2 rings (SSSR count). The molecule has 1 aromatic rings. The standard InChI is InChI=1S/C16H22O3/c1-12-14(16(18)11-15(12)17)9-5-6-10-19-13-7-3-2-4-8-13/h2-5,7-9,12,14-18H,6,10-11H2,1H3/b9-5+/t12-,14-,15+,16-/m1/s1. The van der Waals surface area contributed by atoms with Crippen LogP contribution in [-0.2, 0) is 0 Å². The number of rotatable bonds is 5. The van der Waals surface area contributed by atoms with E-state index in [4.69, 9.17) is 4.74 Å². The third-order valence-electron chi connectivity index (χ3n) is 3.80. The molecule has 0 aliphatic heterocycles. The van der Waals surface area contributed by atoms with Crippen molar-refractivity contribution in [1.82, 2.24) is 0 Å². The van der Waals surface area contributed by atoms with Crippen LogP contribution in [0.4, 0.5) is 0 Å². The Labute approximate surface area is 114 Å². The topological polar surface area (TPSA) is 49.7 Å². The van der Waals surface area contributed by atoms with Crippen LogP contribution in [0.3, 0.4) is 0 Å². The molecule has 0 saturated heterocycles. The van der Waals surface area contributed by atoms with Crippen LogP contribution in [0.5, 0.6) is 5.75 Å². The summed E-state index contributed by atoms with van der Waals surface area (Å²) in [5.74, 6) is 1.06. The van der Waals surface area contributed by atoms with Gasteiger partial charge in [-0.25, -0.2) is 0 Å². The molecule has 0 spiro atoms. The number of benzene rings is 1. The zero-order valence-electron chi connectivity index (χ0n) is 11.3. The summed E-state index contributed by atoms with van der Waals surface area (Å²) in [6, 6.07) is 9.72. The first kappa shape index (κ1) is 14.1. The highest BCUT2D eigenvalue weighted by atomic mass is 16.5. The van der Waals surface area contributed by atoms with Crippen molar-refractivity contribution < 1.29 is 14.9 Å². The Morgan fingerprint density at radius 2 is 1.95 bits per heavy atom. The van der Waals surface area contributed by atoms with E-state index in [1.54, 1.807) is 0 Å². The second-order valence-corrected chi connectivity index (χ2v) is 5.19. The molecule has 0 heterocycles. The van der Waals surface area contributed by atoms with E-state index in [2.05, 4.69) is 0 Å². The normalized spacial score (nSPS) is 30.9. The first-order chi connectivity index (χ1) is 9.18. The fraction of sp³-hybridized carbons (Fsp3) is 0.500. The van der Waals surface area contributed by atoms with E-state index < -0.39 is 6.10 Å². The molecule has 104 valence electrons. The van der Waals surface area contributed by atoms with Crippen LogP contribution in [0.2, 0.25) is 0 Å². The Bertz CT molecular complexity index is 402. The molecular formula is C16H22O3. The van der Waals surface area contributed by atoms with Gasteiger partial charge in [0.15, 0.2) is 0 Å². The minimum absolute atomic E-state index is 0.0618. The maximum absolute atomic E-state index is 9.82. The Morgan fingerprint density at radius 3 is 2.58 bits per heavy atom. The summed E-state index contributed by atoms with van der Waals surface area (Å²) in [5.41, 5.74) is 0. The van der Waals surface area contributed by atoms with E-state index in [-0.39, 0.29) is 17.9 Å². The average Bonchev–Trinajstić information content (AvgIpc) is 2.65. The molecule has 2 N–H and O–H groups in total. The second kappa shape index (κ2) is 6.73. The maximum atomic E-state index is 9.82. The van der Waals surface area contributed by atoms with Gasteiger partial charge in [0.2, 0.25) is 0 Å². The van der Waals surface area contributed by atoms with Gasteiger partial charge in [-0.1, -0.05) is 37.3 Å². The zero-order chi connectivity index (χ0) is 13.7. The Balaban J connectivity index is 1.72. The second-order valence-electron chi connectivity index (χ2n) is 5.19. The van der Waals surface area contributed by atoms with Crippen molar-refractivity contribution in [2.45, 2.75) is 32.0 Å². The van der Waals surface area contributed by atoms with Crippen LogP contribution in [-0.4, -0.2) is 29.0 Å². The van der Waals surface area contributed by atoms with E-state index in [1.165, 1.54) is 0 Å². The Hall–Kier alpha value is -1.32. The highest BCUT2D eigenvalue weighted by molar-refractivity contribution is 5.20. The van der Waals surface area contributed by atoms with Gasteiger partial charge in [-0.2, -0.15) is 0 Å². The van der Waals surface area contributed by atoms with Gasteiger partial charge in [-0.3, -0.25) is 0 Å². The molecule has 3 heteroatoms. The molecule has 1 saturated carbocycles. The summed E-state index contributed by atoms with van der Waals surface area (Å²) in [6.45, 7) is 2.61. The highest BCUT2D eigenvalue weighted by Gasteiger charge is 2.36. The molecule has 0 bridgehead atoms. The van der Waals surface area contributed by atoms with Crippen molar-refractivity contribution >= 4 is 0 Å². The van der Waals surface area contributed by atoms with Gasteiger partial charge < -0.3 is 14.9 Å². The average molecular weight is 262 g/mol. The van der Waals surface area contributed by atoms with Crippen LogP contribution in [0.1, 0.15) is 19.8 Å². The molecule has 4 atom stereocenters. The van der Waals surface area contributed by atoms with Gasteiger partial charge in [0, 0.05) is 12.3 Å². The van der Waals surface area contributed by atoms with E-state index in [1.807, 2.05) is 49.4 Å². The van der Waals surface area contributed by atoms with Crippen molar-refractivity contribution in [3.05, 3.63) is 42.5 Å². The minimum atomic E-state index is -0.420. The molecule has 0 aromatic heterocycles. The quantitative estimate of drug-likeness (QED) is 0.633. The van der Waals surface area contributed by atoms with Crippen molar-refractivity contribution in [3.63, 3.8) is 0 Å². The van der Waals surface area contributed by atoms with Crippen LogP contribution >= 0.6 is 0 Å². The maximum Gasteiger partial charge on any atom is 0.119 e. The summed E-state index contributed by atoms with van der Waals surface area (Å²) < 4.78 is 5.58. The van der Waals surface area contributed by atoms with Gasteiger partial charge in [-0.05, 0) is 24.5 Å². The van der Waals surface area contributed by atoms with E-state index in [9.17, 15) is 10.2 Å². The first-order valence-electron chi connectivity index (χ1n) is 6.89. The predicted octanol–water partition coefficient (Wildman–Crippen LogP) is 2.39. The smallest absolute Gasteiger partial charge is 0.119 e. The number of hydrogen-bond donors (Lipinski definition) is 2. The SMILES string of the molecule is C[C@@H]1[C@@H](/C=C/CCOc2ccccc2)[C@H](O)C[C@@H]1O. The fourth-order valence-electron chi connectivity index (χ4n) is 2.54. The number of aliphatic hydroxyl groups excluding tert-OH is 2. The number of aliphatic hydroxyl groups is 2. The summed E-state index contributed by atoms with van der Waals surface area (Å²) in [7, 11) is 0. The summed E-state index contributed by atoms with van der Waals surface area (Å²) in [4.78, 5) is 0.